The molecule has 2 aromatic carbocycles. The van der Waals surface area contributed by atoms with Gasteiger partial charge in [-0.1, -0.05) is 24.3 Å². The van der Waals surface area contributed by atoms with E-state index in [2.05, 4.69) is 26.4 Å². The van der Waals surface area contributed by atoms with Crippen molar-refractivity contribution >= 4 is 5.91 Å². The van der Waals surface area contributed by atoms with Gasteiger partial charge in [0.2, 0.25) is 0 Å². The van der Waals surface area contributed by atoms with Crippen LogP contribution in [0.3, 0.4) is 0 Å². The Morgan fingerprint density at radius 3 is 2.50 bits per heavy atom. The van der Waals surface area contributed by atoms with Gasteiger partial charge >= 0.3 is 0 Å². The van der Waals surface area contributed by atoms with E-state index in [0.717, 1.165) is 41.5 Å². The average molecular weight is 427 g/mol. The fraction of sp³-hybridized carbons (Fsp3) is 0.231. The average Bonchev–Trinajstić information content (AvgIpc) is 3.47. The zero-order valence-corrected chi connectivity index (χ0v) is 18.3. The standard InChI is InChI=1S/C26H26N4O2/c1-19-27-13-15-29(19)18-20-5-7-22(8-6-20)26(31)30-17-16-28-14-3-4-24(28)25(30)21-9-11-23(32-2)12-10-21/h3-15,25H,16-18H2,1-2H3. The lowest BCUT2D eigenvalue weighted by Gasteiger charge is -2.37. The molecule has 0 radical (unpaired) electrons. The summed E-state index contributed by atoms with van der Waals surface area (Å²) in [4.78, 5) is 19.8. The van der Waals surface area contributed by atoms with E-state index in [1.807, 2.05) is 72.6 Å². The van der Waals surface area contributed by atoms with Crippen molar-refractivity contribution in [3.8, 4) is 5.75 Å². The molecule has 1 unspecified atom stereocenters. The van der Waals surface area contributed by atoms with Crippen LogP contribution in [0.2, 0.25) is 0 Å². The molecule has 32 heavy (non-hydrogen) atoms. The highest BCUT2D eigenvalue weighted by Gasteiger charge is 2.32. The molecule has 1 amide bonds. The van der Waals surface area contributed by atoms with Gasteiger partial charge in [-0.25, -0.2) is 4.98 Å². The van der Waals surface area contributed by atoms with Crippen molar-refractivity contribution in [3.05, 3.63) is 107 Å². The van der Waals surface area contributed by atoms with Crippen LogP contribution in [0.25, 0.3) is 0 Å². The molecular formula is C26H26N4O2. The number of methoxy groups -OCH3 is 1. The van der Waals surface area contributed by atoms with Gasteiger partial charge < -0.3 is 18.8 Å². The summed E-state index contributed by atoms with van der Waals surface area (Å²) in [6.07, 6.45) is 5.86. The van der Waals surface area contributed by atoms with E-state index < -0.39 is 0 Å². The van der Waals surface area contributed by atoms with Crippen LogP contribution in [0.15, 0.2) is 79.3 Å². The summed E-state index contributed by atoms with van der Waals surface area (Å²) in [7, 11) is 1.66. The SMILES string of the molecule is COc1ccc(C2c3cccn3CCN2C(=O)c2ccc(Cn3ccnc3C)cc2)cc1. The number of benzene rings is 2. The van der Waals surface area contributed by atoms with Gasteiger partial charge in [-0.3, -0.25) is 4.79 Å². The first-order valence-corrected chi connectivity index (χ1v) is 10.8. The van der Waals surface area contributed by atoms with Crippen molar-refractivity contribution in [1.29, 1.82) is 0 Å². The Labute approximate surface area is 187 Å². The smallest absolute Gasteiger partial charge is 0.254 e. The first kappa shape index (κ1) is 20.1. The Hall–Kier alpha value is -3.80. The largest absolute Gasteiger partial charge is 0.497 e. The normalized spacial score (nSPS) is 15.4. The molecule has 2 aromatic heterocycles. The molecule has 0 spiro atoms. The molecule has 0 bridgehead atoms. The van der Waals surface area contributed by atoms with E-state index in [1.165, 1.54) is 0 Å². The summed E-state index contributed by atoms with van der Waals surface area (Å²) in [5, 5.41) is 0. The van der Waals surface area contributed by atoms with Crippen LogP contribution in [-0.4, -0.2) is 38.6 Å². The molecule has 5 rings (SSSR count). The number of carbonyl (C=O) groups excluding carboxylic acids is 1. The number of aryl methyl sites for hydroxylation is 1. The topological polar surface area (TPSA) is 52.3 Å². The summed E-state index contributed by atoms with van der Waals surface area (Å²) >= 11 is 0. The highest BCUT2D eigenvalue weighted by molar-refractivity contribution is 5.94. The minimum Gasteiger partial charge on any atom is -0.497 e. The molecule has 3 heterocycles. The first-order chi connectivity index (χ1) is 15.6. The molecule has 162 valence electrons. The third-order valence-electron chi connectivity index (χ3n) is 6.21. The van der Waals surface area contributed by atoms with Crippen molar-refractivity contribution < 1.29 is 9.53 Å². The van der Waals surface area contributed by atoms with Crippen LogP contribution in [0.1, 0.15) is 39.0 Å². The van der Waals surface area contributed by atoms with Crippen LogP contribution in [0.4, 0.5) is 0 Å². The number of fused-ring (bicyclic) bond motifs is 1. The summed E-state index contributed by atoms with van der Waals surface area (Å²) in [6, 6.07) is 19.9. The Balaban J connectivity index is 1.43. The van der Waals surface area contributed by atoms with Gasteiger partial charge in [-0.05, 0) is 54.4 Å². The minimum absolute atomic E-state index is 0.0450. The van der Waals surface area contributed by atoms with E-state index in [1.54, 1.807) is 13.3 Å². The predicted octanol–water partition coefficient (Wildman–Crippen LogP) is 4.30. The highest BCUT2D eigenvalue weighted by Crippen LogP contribution is 2.34. The third-order valence-corrected chi connectivity index (χ3v) is 6.21. The van der Waals surface area contributed by atoms with Crippen molar-refractivity contribution in [3.63, 3.8) is 0 Å². The van der Waals surface area contributed by atoms with E-state index in [4.69, 9.17) is 4.74 Å². The van der Waals surface area contributed by atoms with Gasteiger partial charge in [-0.2, -0.15) is 0 Å². The number of rotatable bonds is 5. The Kier molecular flexibility index (Phi) is 5.27. The molecule has 1 atom stereocenters. The van der Waals surface area contributed by atoms with Gasteiger partial charge in [0.25, 0.3) is 5.91 Å². The summed E-state index contributed by atoms with van der Waals surface area (Å²) in [5.41, 5.74) is 4.05. The first-order valence-electron chi connectivity index (χ1n) is 10.8. The second-order valence-electron chi connectivity index (χ2n) is 8.10. The maximum absolute atomic E-state index is 13.6. The minimum atomic E-state index is -0.134. The highest BCUT2D eigenvalue weighted by atomic mass is 16.5. The van der Waals surface area contributed by atoms with Crippen LogP contribution >= 0.6 is 0 Å². The number of imidazole rings is 1. The predicted molar refractivity (Wildman–Crippen MR) is 123 cm³/mol. The Morgan fingerprint density at radius 2 is 1.81 bits per heavy atom. The van der Waals surface area contributed by atoms with Gasteiger partial charge in [0.05, 0.1) is 13.2 Å². The lowest BCUT2D eigenvalue weighted by molar-refractivity contribution is 0.0664. The summed E-state index contributed by atoms with van der Waals surface area (Å²) in [5.74, 6) is 1.83. The quantitative estimate of drug-likeness (QED) is 0.478. The number of nitrogens with zero attached hydrogens (tertiary/aromatic N) is 4. The lowest BCUT2D eigenvalue weighted by atomic mass is 9.98. The summed E-state index contributed by atoms with van der Waals surface area (Å²) in [6.45, 7) is 4.18. The number of aromatic nitrogens is 3. The van der Waals surface area contributed by atoms with Crippen molar-refractivity contribution in [2.75, 3.05) is 13.7 Å². The molecule has 0 saturated heterocycles. The second kappa shape index (κ2) is 8.38. The third kappa shape index (κ3) is 3.68. The molecule has 1 aliphatic rings. The second-order valence-corrected chi connectivity index (χ2v) is 8.10. The number of ether oxygens (including phenoxy) is 1. The van der Waals surface area contributed by atoms with Crippen molar-refractivity contribution in [1.82, 2.24) is 19.0 Å². The lowest BCUT2D eigenvalue weighted by Crippen LogP contribution is -2.42. The zero-order valence-electron chi connectivity index (χ0n) is 18.3. The van der Waals surface area contributed by atoms with Gasteiger partial charge in [0, 0.05) is 49.5 Å². The molecule has 0 N–H and O–H groups in total. The molecule has 6 nitrogen and oxygen atoms in total. The molecule has 6 heteroatoms. The molecule has 4 aromatic rings. The number of amides is 1. The zero-order chi connectivity index (χ0) is 22.1. The van der Waals surface area contributed by atoms with E-state index in [-0.39, 0.29) is 11.9 Å². The molecule has 0 saturated carbocycles. The fourth-order valence-electron chi connectivity index (χ4n) is 4.43. The molecule has 0 aliphatic carbocycles. The number of carbonyl (C=O) groups is 1. The Morgan fingerprint density at radius 1 is 1.03 bits per heavy atom. The fourth-order valence-corrected chi connectivity index (χ4v) is 4.43. The van der Waals surface area contributed by atoms with Gasteiger partial charge in [-0.15, -0.1) is 0 Å². The van der Waals surface area contributed by atoms with Gasteiger partial charge in [0.15, 0.2) is 0 Å². The van der Waals surface area contributed by atoms with Crippen LogP contribution in [-0.2, 0) is 13.1 Å². The number of hydrogen-bond acceptors (Lipinski definition) is 3. The molecular weight excluding hydrogens is 400 g/mol. The monoisotopic (exact) mass is 426 g/mol. The maximum Gasteiger partial charge on any atom is 0.254 e. The van der Waals surface area contributed by atoms with Crippen LogP contribution in [0, 0.1) is 6.92 Å². The Bertz CT molecular complexity index is 1220. The van der Waals surface area contributed by atoms with Gasteiger partial charge in [0.1, 0.15) is 11.6 Å². The summed E-state index contributed by atoms with van der Waals surface area (Å²) < 4.78 is 9.64. The number of hydrogen-bond donors (Lipinski definition) is 0. The van der Waals surface area contributed by atoms with Crippen LogP contribution < -0.4 is 4.74 Å². The molecule has 0 fully saturated rings. The van der Waals surface area contributed by atoms with Crippen molar-refractivity contribution in [2.45, 2.75) is 26.1 Å². The van der Waals surface area contributed by atoms with Crippen molar-refractivity contribution in [2.24, 2.45) is 0 Å². The maximum atomic E-state index is 13.6. The van der Waals surface area contributed by atoms with E-state index >= 15 is 0 Å². The van der Waals surface area contributed by atoms with E-state index in [0.29, 0.717) is 12.1 Å². The molecule has 1 aliphatic heterocycles. The van der Waals surface area contributed by atoms with Crippen LogP contribution in [0.5, 0.6) is 5.75 Å². The van der Waals surface area contributed by atoms with E-state index in [9.17, 15) is 4.79 Å².